The van der Waals surface area contributed by atoms with Crippen LogP contribution in [-0.4, -0.2) is 24.7 Å². The molecule has 0 spiro atoms. The van der Waals surface area contributed by atoms with Crippen molar-refractivity contribution in [3.8, 4) is 0 Å². The molecule has 0 fully saturated rings. The van der Waals surface area contributed by atoms with Crippen LogP contribution >= 0.6 is 0 Å². The maximum absolute atomic E-state index is 9.06. The fraction of sp³-hybridized carbons (Fsp3) is 0.455. The lowest BCUT2D eigenvalue weighted by Gasteiger charge is -2.31. The van der Waals surface area contributed by atoms with Crippen LogP contribution in [0.1, 0.15) is 12.5 Å². The Morgan fingerprint density at radius 2 is 2.36 bits per heavy atom. The van der Waals surface area contributed by atoms with Crippen LogP contribution in [0.5, 0.6) is 0 Å². The van der Waals surface area contributed by atoms with Gasteiger partial charge in [0.05, 0.1) is 18.0 Å². The van der Waals surface area contributed by atoms with Gasteiger partial charge in [0.1, 0.15) is 0 Å². The minimum absolute atomic E-state index is 0.116. The molecule has 1 aliphatic heterocycles. The molecule has 0 saturated heterocycles. The fourth-order valence-corrected chi connectivity index (χ4v) is 1.86. The number of aliphatic hydroxyl groups excluding tert-OH is 1. The second-order valence-electron chi connectivity index (χ2n) is 3.52. The Hall–Kier alpha value is -1.22. The first kappa shape index (κ1) is 9.34. The van der Waals surface area contributed by atoms with Crippen LogP contribution in [0.2, 0.25) is 0 Å². The third-order valence-corrected chi connectivity index (χ3v) is 2.66. The van der Waals surface area contributed by atoms with E-state index >= 15 is 0 Å². The number of hydrogen-bond donors (Lipinski definition) is 2. The Bertz CT molecular complexity index is 325. The lowest BCUT2D eigenvalue weighted by Crippen LogP contribution is -2.33. The summed E-state index contributed by atoms with van der Waals surface area (Å²) in [6.45, 7) is 5.33. The van der Waals surface area contributed by atoms with Gasteiger partial charge in [0.2, 0.25) is 0 Å². The van der Waals surface area contributed by atoms with Crippen LogP contribution in [0.25, 0.3) is 0 Å². The molecule has 1 aromatic rings. The van der Waals surface area contributed by atoms with E-state index in [-0.39, 0.29) is 6.61 Å². The van der Waals surface area contributed by atoms with Crippen molar-refractivity contribution in [1.82, 2.24) is 0 Å². The Labute approximate surface area is 84.4 Å². The highest BCUT2D eigenvalue weighted by atomic mass is 16.3. The Morgan fingerprint density at radius 1 is 1.50 bits per heavy atom. The number of likely N-dealkylation sites (N-methyl/N-ethyl adjacent to an activating group) is 1. The molecule has 0 saturated carbocycles. The van der Waals surface area contributed by atoms with Crippen LogP contribution in [-0.2, 0) is 6.61 Å². The van der Waals surface area contributed by atoms with Crippen LogP contribution in [0.3, 0.4) is 0 Å². The molecule has 1 aromatic carbocycles. The van der Waals surface area contributed by atoms with Crippen LogP contribution < -0.4 is 10.2 Å². The van der Waals surface area contributed by atoms with Crippen LogP contribution in [0.4, 0.5) is 11.4 Å². The average molecular weight is 192 g/mol. The molecule has 3 heteroatoms. The van der Waals surface area contributed by atoms with Crippen molar-refractivity contribution >= 4 is 11.4 Å². The van der Waals surface area contributed by atoms with E-state index in [4.69, 9.17) is 5.11 Å². The lowest BCUT2D eigenvalue weighted by molar-refractivity contribution is 0.282. The van der Waals surface area contributed by atoms with E-state index in [1.165, 1.54) is 11.4 Å². The quantitative estimate of drug-likeness (QED) is 0.744. The predicted molar refractivity (Wildman–Crippen MR) is 58.7 cm³/mol. The number of aliphatic hydroxyl groups is 1. The Morgan fingerprint density at radius 3 is 3.07 bits per heavy atom. The van der Waals surface area contributed by atoms with Gasteiger partial charge in [-0.15, -0.1) is 0 Å². The molecule has 2 N–H and O–H groups in total. The molecular weight excluding hydrogens is 176 g/mol. The number of nitrogens with zero attached hydrogens (tertiary/aromatic N) is 1. The highest BCUT2D eigenvalue weighted by molar-refractivity contribution is 5.72. The molecule has 14 heavy (non-hydrogen) atoms. The van der Waals surface area contributed by atoms with Crippen molar-refractivity contribution in [1.29, 1.82) is 0 Å². The van der Waals surface area contributed by atoms with Crippen molar-refractivity contribution in [3.63, 3.8) is 0 Å². The van der Waals surface area contributed by atoms with Gasteiger partial charge in [0.25, 0.3) is 0 Å². The second kappa shape index (κ2) is 3.88. The molecule has 3 nitrogen and oxygen atoms in total. The van der Waals surface area contributed by atoms with Crippen molar-refractivity contribution in [2.24, 2.45) is 0 Å². The van der Waals surface area contributed by atoms with E-state index in [0.29, 0.717) is 0 Å². The van der Waals surface area contributed by atoms with E-state index in [0.717, 1.165) is 25.2 Å². The predicted octanol–water partition coefficient (Wildman–Crippen LogP) is 1.43. The SMILES string of the molecule is CCN1CCNc2ccc(CO)cc21. The van der Waals surface area contributed by atoms with Gasteiger partial charge in [-0.05, 0) is 24.6 Å². The highest BCUT2D eigenvalue weighted by Gasteiger charge is 2.14. The zero-order valence-corrected chi connectivity index (χ0v) is 8.45. The zero-order valence-electron chi connectivity index (χ0n) is 8.45. The molecule has 0 unspecified atom stereocenters. The summed E-state index contributed by atoms with van der Waals surface area (Å²) in [5.41, 5.74) is 3.37. The van der Waals surface area contributed by atoms with Gasteiger partial charge in [-0.1, -0.05) is 6.07 Å². The summed E-state index contributed by atoms with van der Waals surface area (Å²) in [5.74, 6) is 0. The molecule has 1 heterocycles. The topological polar surface area (TPSA) is 35.5 Å². The standard InChI is InChI=1S/C11H16N2O/c1-2-13-6-5-12-10-4-3-9(8-14)7-11(10)13/h3-4,7,12,14H,2,5-6,8H2,1H3. The summed E-state index contributed by atoms with van der Waals surface area (Å²) in [7, 11) is 0. The summed E-state index contributed by atoms with van der Waals surface area (Å²) in [4.78, 5) is 2.32. The van der Waals surface area contributed by atoms with Gasteiger partial charge in [-0.2, -0.15) is 0 Å². The third kappa shape index (κ3) is 1.55. The second-order valence-corrected chi connectivity index (χ2v) is 3.52. The molecule has 0 radical (unpaired) electrons. The largest absolute Gasteiger partial charge is 0.392 e. The minimum atomic E-state index is 0.116. The first-order valence-electron chi connectivity index (χ1n) is 5.07. The first-order chi connectivity index (χ1) is 6.85. The van der Waals surface area contributed by atoms with E-state index in [2.05, 4.69) is 23.2 Å². The van der Waals surface area contributed by atoms with Gasteiger partial charge in [0.15, 0.2) is 0 Å². The summed E-state index contributed by atoms with van der Waals surface area (Å²) in [6, 6.07) is 6.07. The van der Waals surface area contributed by atoms with Crippen molar-refractivity contribution in [3.05, 3.63) is 23.8 Å². The average Bonchev–Trinajstić information content (AvgIpc) is 2.27. The molecule has 76 valence electrons. The van der Waals surface area contributed by atoms with E-state index in [1.807, 2.05) is 12.1 Å². The molecule has 0 aromatic heterocycles. The van der Waals surface area contributed by atoms with Crippen molar-refractivity contribution in [2.75, 3.05) is 29.9 Å². The van der Waals surface area contributed by atoms with Crippen LogP contribution in [0, 0.1) is 0 Å². The molecule has 2 rings (SSSR count). The highest BCUT2D eigenvalue weighted by Crippen LogP contribution is 2.29. The number of anilines is 2. The van der Waals surface area contributed by atoms with Gasteiger partial charge < -0.3 is 15.3 Å². The lowest BCUT2D eigenvalue weighted by atomic mass is 10.1. The van der Waals surface area contributed by atoms with Crippen molar-refractivity contribution < 1.29 is 5.11 Å². The summed E-state index contributed by atoms with van der Waals surface area (Å²) in [5, 5.41) is 12.4. The number of fused-ring (bicyclic) bond motifs is 1. The molecule has 0 atom stereocenters. The maximum Gasteiger partial charge on any atom is 0.0682 e. The smallest absolute Gasteiger partial charge is 0.0682 e. The summed E-state index contributed by atoms with van der Waals surface area (Å²) < 4.78 is 0. The fourth-order valence-electron chi connectivity index (χ4n) is 1.86. The van der Waals surface area contributed by atoms with Gasteiger partial charge in [-0.3, -0.25) is 0 Å². The zero-order chi connectivity index (χ0) is 9.97. The summed E-state index contributed by atoms with van der Waals surface area (Å²) in [6.07, 6.45) is 0. The number of hydrogen-bond acceptors (Lipinski definition) is 3. The minimum Gasteiger partial charge on any atom is -0.392 e. The van der Waals surface area contributed by atoms with E-state index < -0.39 is 0 Å². The number of benzene rings is 1. The third-order valence-electron chi connectivity index (χ3n) is 2.66. The van der Waals surface area contributed by atoms with Gasteiger partial charge in [-0.25, -0.2) is 0 Å². The molecule has 0 aliphatic carbocycles. The van der Waals surface area contributed by atoms with Crippen molar-refractivity contribution in [2.45, 2.75) is 13.5 Å². The normalized spacial score (nSPS) is 14.9. The number of nitrogens with one attached hydrogen (secondary N) is 1. The van der Waals surface area contributed by atoms with Gasteiger partial charge >= 0.3 is 0 Å². The Balaban J connectivity index is 2.38. The van der Waals surface area contributed by atoms with E-state index in [9.17, 15) is 0 Å². The Kier molecular flexibility index (Phi) is 2.59. The monoisotopic (exact) mass is 192 g/mol. The maximum atomic E-state index is 9.06. The van der Waals surface area contributed by atoms with Gasteiger partial charge in [0, 0.05) is 19.6 Å². The summed E-state index contributed by atoms with van der Waals surface area (Å²) >= 11 is 0. The van der Waals surface area contributed by atoms with E-state index in [1.54, 1.807) is 0 Å². The molecule has 0 bridgehead atoms. The molecule has 1 aliphatic rings. The van der Waals surface area contributed by atoms with Crippen LogP contribution in [0.15, 0.2) is 18.2 Å². The molecular formula is C11H16N2O. The number of rotatable bonds is 2. The first-order valence-corrected chi connectivity index (χ1v) is 5.07. The molecule has 0 amide bonds.